The zero-order valence-electron chi connectivity index (χ0n) is 11.8. The van der Waals surface area contributed by atoms with Crippen molar-refractivity contribution in [2.45, 2.75) is 56.8 Å². The third kappa shape index (κ3) is 2.67. The number of rotatable bonds is 3. The van der Waals surface area contributed by atoms with Gasteiger partial charge in [0.1, 0.15) is 0 Å². The molecular weight excluding hydrogens is 256 g/mol. The first-order valence-electron chi connectivity index (χ1n) is 7.37. The second kappa shape index (κ2) is 5.43. The van der Waals surface area contributed by atoms with E-state index < -0.39 is 0 Å². The van der Waals surface area contributed by atoms with Crippen LogP contribution in [-0.2, 0) is 0 Å². The molecule has 0 aliphatic carbocycles. The van der Waals surface area contributed by atoms with Crippen molar-refractivity contribution in [1.29, 1.82) is 0 Å². The van der Waals surface area contributed by atoms with Crippen LogP contribution in [0.5, 0.6) is 0 Å². The molecule has 1 N–H and O–H groups in total. The number of hydrogen-bond acceptors (Lipinski definition) is 2. The summed E-state index contributed by atoms with van der Waals surface area (Å²) in [5.74, 6) is 0. The number of benzene rings is 1. The quantitative estimate of drug-likeness (QED) is 0.909. The molecule has 2 saturated heterocycles. The number of hydrogen-bond donors (Lipinski definition) is 1. The Kier molecular flexibility index (Phi) is 3.84. The molecule has 0 aromatic heterocycles. The highest BCUT2D eigenvalue weighted by Crippen LogP contribution is 2.35. The molecule has 2 unspecified atom stereocenters. The summed E-state index contributed by atoms with van der Waals surface area (Å²) in [4.78, 5) is 2.58. The van der Waals surface area contributed by atoms with Crippen LogP contribution in [0.3, 0.4) is 0 Å². The molecule has 2 fully saturated rings. The van der Waals surface area contributed by atoms with Crippen LogP contribution in [0.25, 0.3) is 0 Å². The average molecular weight is 279 g/mol. The fourth-order valence-corrected chi connectivity index (χ4v) is 4.12. The molecule has 3 atom stereocenters. The van der Waals surface area contributed by atoms with Gasteiger partial charge in [0.05, 0.1) is 0 Å². The molecule has 2 heterocycles. The lowest BCUT2D eigenvalue weighted by Crippen LogP contribution is -2.47. The van der Waals surface area contributed by atoms with Gasteiger partial charge in [0.25, 0.3) is 0 Å². The Morgan fingerprint density at radius 3 is 2.47 bits per heavy atom. The summed E-state index contributed by atoms with van der Waals surface area (Å²) in [6.07, 6.45) is 5.31. The highest BCUT2D eigenvalue weighted by atomic mass is 35.5. The number of nitrogens with zero attached hydrogens (tertiary/aromatic N) is 1. The summed E-state index contributed by atoms with van der Waals surface area (Å²) in [5.41, 5.74) is 1.22. The van der Waals surface area contributed by atoms with Crippen molar-refractivity contribution in [2.24, 2.45) is 0 Å². The summed E-state index contributed by atoms with van der Waals surface area (Å²) in [6, 6.07) is 10.7. The summed E-state index contributed by atoms with van der Waals surface area (Å²) in [7, 11) is 2.29. The molecule has 104 valence electrons. The lowest BCUT2D eigenvalue weighted by molar-refractivity contribution is 0.144. The lowest BCUT2D eigenvalue weighted by atomic mass is 9.96. The Hall–Kier alpha value is -0.570. The molecule has 0 radical (unpaired) electrons. The van der Waals surface area contributed by atoms with Crippen LogP contribution in [0.4, 0.5) is 0 Å². The molecule has 2 aliphatic rings. The van der Waals surface area contributed by atoms with Crippen LogP contribution in [-0.4, -0.2) is 30.1 Å². The molecule has 0 amide bonds. The second-order valence-corrected chi connectivity index (χ2v) is 6.54. The maximum absolute atomic E-state index is 6.28. The molecule has 1 aromatic carbocycles. The zero-order chi connectivity index (χ0) is 13.4. The Bertz CT molecular complexity index is 434. The second-order valence-electron chi connectivity index (χ2n) is 6.13. The summed E-state index contributed by atoms with van der Waals surface area (Å²) in [6.45, 7) is 2.22. The first-order chi connectivity index (χ1) is 9.15. The maximum Gasteiger partial charge on any atom is 0.0453 e. The van der Waals surface area contributed by atoms with Crippen molar-refractivity contribution in [3.63, 3.8) is 0 Å². The fourth-order valence-electron chi connectivity index (χ4n) is 3.82. The van der Waals surface area contributed by atoms with Crippen LogP contribution in [0, 0.1) is 0 Å². The molecule has 1 aromatic rings. The highest BCUT2D eigenvalue weighted by molar-refractivity contribution is 6.31. The summed E-state index contributed by atoms with van der Waals surface area (Å²) < 4.78 is 0. The van der Waals surface area contributed by atoms with Gasteiger partial charge in [0.2, 0.25) is 0 Å². The molecule has 0 saturated carbocycles. The monoisotopic (exact) mass is 278 g/mol. The third-order valence-corrected chi connectivity index (χ3v) is 5.30. The van der Waals surface area contributed by atoms with Gasteiger partial charge in [-0.3, -0.25) is 0 Å². The van der Waals surface area contributed by atoms with Crippen LogP contribution >= 0.6 is 11.6 Å². The van der Waals surface area contributed by atoms with E-state index in [2.05, 4.69) is 36.3 Å². The maximum atomic E-state index is 6.28. The topological polar surface area (TPSA) is 15.3 Å². The molecule has 2 nitrogen and oxygen atoms in total. The van der Waals surface area contributed by atoms with Gasteiger partial charge in [-0.2, -0.15) is 0 Å². The van der Waals surface area contributed by atoms with Gasteiger partial charge in [0, 0.05) is 29.2 Å². The summed E-state index contributed by atoms with van der Waals surface area (Å²) >= 11 is 6.28. The van der Waals surface area contributed by atoms with E-state index in [4.69, 9.17) is 11.6 Å². The van der Waals surface area contributed by atoms with Gasteiger partial charge >= 0.3 is 0 Å². The van der Waals surface area contributed by atoms with Crippen LogP contribution in [0.1, 0.15) is 44.2 Å². The molecule has 19 heavy (non-hydrogen) atoms. The Balaban J connectivity index is 1.65. The lowest BCUT2D eigenvalue weighted by Gasteiger charge is -2.38. The van der Waals surface area contributed by atoms with Gasteiger partial charge in [-0.15, -0.1) is 0 Å². The molecule has 2 bridgehead atoms. The average Bonchev–Trinajstić information content (AvgIpc) is 2.63. The van der Waals surface area contributed by atoms with Gasteiger partial charge in [-0.05, 0) is 51.3 Å². The van der Waals surface area contributed by atoms with Crippen LogP contribution in [0.2, 0.25) is 5.02 Å². The minimum Gasteiger partial charge on any atom is -0.307 e. The fraction of sp³-hybridized carbons (Fsp3) is 0.625. The predicted molar refractivity (Wildman–Crippen MR) is 80.6 cm³/mol. The van der Waals surface area contributed by atoms with E-state index in [1.54, 1.807) is 0 Å². The van der Waals surface area contributed by atoms with E-state index in [0.717, 1.165) is 17.1 Å². The van der Waals surface area contributed by atoms with E-state index in [-0.39, 0.29) is 0 Å². The number of nitrogens with one attached hydrogen (secondary N) is 1. The normalized spacial score (nSPS) is 32.5. The van der Waals surface area contributed by atoms with Gasteiger partial charge < -0.3 is 10.2 Å². The molecular formula is C16H23ClN2. The molecule has 2 aliphatic heterocycles. The van der Waals surface area contributed by atoms with E-state index >= 15 is 0 Å². The van der Waals surface area contributed by atoms with E-state index in [0.29, 0.717) is 12.1 Å². The van der Waals surface area contributed by atoms with Crippen LogP contribution < -0.4 is 5.32 Å². The van der Waals surface area contributed by atoms with Crippen molar-refractivity contribution in [2.75, 3.05) is 7.05 Å². The van der Waals surface area contributed by atoms with Crippen molar-refractivity contribution in [3.05, 3.63) is 34.9 Å². The van der Waals surface area contributed by atoms with Gasteiger partial charge in [0.15, 0.2) is 0 Å². The van der Waals surface area contributed by atoms with Gasteiger partial charge in [-0.25, -0.2) is 0 Å². The van der Waals surface area contributed by atoms with E-state index in [9.17, 15) is 0 Å². The minimum atomic E-state index is 0.335. The van der Waals surface area contributed by atoms with Crippen molar-refractivity contribution in [1.82, 2.24) is 10.2 Å². The third-order valence-electron chi connectivity index (χ3n) is 4.96. The largest absolute Gasteiger partial charge is 0.307 e. The first-order valence-corrected chi connectivity index (χ1v) is 7.75. The minimum absolute atomic E-state index is 0.335. The van der Waals surface area contributed by atoms with Crippen molar-refractivity contribution < 1.29 is 0 Å². The van der Waals surface area contributed by atoms with Gasteiger partial charge in [-0.1, -0.05) is 29.8 Å². The highest BCUT2D eigenvalue weighted by Gasteiger charge is 2.38. The SMILES string of the molecule is C[C@H](NC1CC2CCC(C1)N2C)c1ccccc1Cl. The Morgan fingerprint density at radius 1 is 1.21 bits per heavy atom. The smallest absolute Gasteiger partial charge is 0.0453 e. The van der Waals surface area contributed by atoms with E-state index in [1.807, 2.05) is 12.1 Å². The summed E-state index contributed by atoms with van der Waals surface area (Å²) in [5, 5.41) is 4.66. The Labute approximate surface area is 121 Å². The first kappa shape index (κ1) is 13.4. The predicted octanol–water partition coefficient (Wildman–Crippen LogP) is 3.62. The number of halogens is 1. The van der Waals surface area contributed by atoms with Crippen molar-refractivity contribution >= 4 is 11.6 Å². The van der Waals surface area contributed by atoms with E-state index in [1.165, 1.54) is 31.2 Å². The zero-order valence-corrected chi connectivity index (χ0v) is 12.5. The number of piperidine rings is 1. The molecule has 3 rings (SSSR count). The van der Waals surface area contributed by atoms with Crippen molar-refractivity contribution in [3.8, 4) is 0 Å². The van der Waals surface area contributed by atoms with Crippen LogP contribution in [0.15, 0.2) is 24.3 Å². The number of fused-ring (bicyclic) bond motifs is 2. The Morgan fingerprint density at radius 2 is 1.84 bits per heavy atom. The molecule has 0 spiro atoms. The standard InChI is InChI=1S/C16H23ClN2/c1-11(15-5-3-4-6-16(15)17)18-12-9-13-7-8-14(10-12)19(13)2/h3-6,11-14,18H,7-10H2,1-2H3/t11-,12?,13?,14?/m0/s1. The molecule has 3 heteroatoms.